The number of fused-ring (bicyclic) bond motifs is 4. The first-order chi connectivity index (χ1) is 20.8. The molecule has 7 rings (SSSR count). The van der Waals surface area contributed by atoms with Crippen LogP contribution in [0.5, 0.6) is 28.7 Å². The molecule has 0 unspecified atom stereocenters. The summed E-state index contributed by atoms with van der Waals surface area (Å²) in [7, 11) is 4.25. The summed E-state index contributed by atoms with van der Waals surface area (Å²) in [6.45, 7) is -0.918. The second kappa shape index (κ2) is 11.0. The van der Waals surface area contributed by atoms with Crippen LogP contribution in [0.25, 0.3) is 0 Å². The molecule has 2 aromatic rings. The standard InChI is InChI=1S/C29H32O14/c1-34-17-4-11(5-18(35-2)22(17)30)20-12-6-15-16(40-10-39-15)7-13(12)25(14-8-37-27(33)21(14)20)42-28-24(32)23(31)26-19(41-28)9-38-29(36-3)43-26/h4-7,14,19-21,23-26,28-32H,8-10H2,1-3H3/t14-,19+,20+,21-,23+,24+,25+,26+,28-,29+/m0/s1. The smallest absolute Gasteiger partial charge is 0.310 e. The third kappa shape index (κ3) is 4.56. The number of aromatic hydroxyl groups is 1. The number of phenolic OH excluding ortho intramolecular Hbond substituents is 1. The molecule has 4 heterocycles. The summed E-state index contributed by atoms with van der Waals surface area (Å²) in [6, 6.07) is 6.89. The molecular formula is C29H32O14. The number of benzene rings is 2. The van der Waals surface area contributed by atoms with Crippen molar-refractivity contribution in [1.82, 2.24) is 0 Å². The first-order valence-corrected chi connectivity index (χ1v) is 13.8. The summed E-state index contributed by atoms with van der Waals surface area (Å²) >= 11 is 0. The van der Waals surface area contributed by atoms with Crippen molar-refractivity contribution in [3.63, 3.8) is 0 Å². The molecule has 0 spiro atoms. The minimum absolute atomic E-state index is 0.0202. The van der Waals surface area contributed by atoms with Gasteiger partial charge in [-0.2, -0.15) is 0 Å². The lowest BCUT2D eigenvalue weighted by atomic mass is 9.66. The van der Waals surface area contributed by atoms with Crippen LogP contribution in [-0.4, -0.2) is 99.8 Å². The minimum atomic E-state index is -1.49. The second-order valence-corrected chi connectivity index (χ2v) is 10.9. The van der Waals surface area contributed by atoms with Crippen molar-refractivity contribution in [2.45, 2.75) is 49.2 Å². The minimum Gasteiger partial charge on any atom is -0.502 e. The number of esters is 1. The summed E-state index contributed by atoms with van der Waals surface area (Å²) in [5, 5.41) is 32.6. The number of hydrogen-bond donors (Lipinski definition) is 3. The number of cyclic esters (lactones) is 1. The Morgan fingerprint density at radius 2 is 1.56 bits per heavy atom. The maximum Gasteiger partial charge on any atom is 0.310 e. The molecule has 14 heteroatoms. The fraction of sp³-hybridized carbons (Fsp3) is 0.552. The van der Waals surface area contributed by atoms with E-state index < -0.39 is 67.0 Å². The van der Waals surface area contributed by atoms with E-state index >= 15 is 0 Å². The molecule has 43 heavy (non-hydrogen) atoms. The van der Waals surface area contributed by atoms with Gasteiger partial charge in [-0.15, -0.1) is 0 Å². The Kier molecular flexibility index (Phi) is 7.24. The molecule has 2 aromatic carbocycles. The summed E-state index contributed by atoms with van der Waals surface area (Å²) in [6.07, 6.45) is -6.64. The number of carbonyl (C=O) groups is 1. The van der Waals surface area contributed by atoms with Gasteiger partial charge in [0.05, 0.1) is 39.5 Å². The zero-order valence-electron chi connectivity index (χ0n) is 23.5. The maximum absolute atomic E-state index is 13.4. The number of phenols is 1. The second-order valence-electron chi connectivity index (χ2n) is 10.9. The van der Waals surface area contributed by atoms with E-state index in [-0.39, 0.29) is 37.3 Å². The Hall–Kier alpha value is -3.37. The molecule has 3 saturated heterocycles. The first kappa shape index (κ1) is 28.4. The van der Waals surface area contributed by atoms with Gasteiger partial charge in [-0.1, -0.05) is 0 Å². The quantitative estimate of drug-likeness (QED) is 0.398. The zero-order valence-corrected chi connectivity index (χ0v) is 23.5. The molecule has 0 bridgehead atoms. The van der Waals surface area contributed by atoms with Crippen LogP contribution in [-0.2, 0) is 33.2 Å². The van der Waals surface area contributed by atoms with Gasteiger partial charge >= 0.3 is 5.97 Å². The predicted octanol–water partition coefficient (Wildman–Crippen LogP) is 0.923. The highest BCUT2D eigenvalue weighted by molar-refractivity contribution is 5.79. The van der Waals surface area contributed by atoms with Crippen LogP contribution >= 0.6 is 0 Å². The molecule has 3 N–H and O–H groups in total. The van der Waals surface area contributed by atoms with Crippen molar-refractivity contribution in [2.24, 2.45) is 11.8 Å². The number of methoxy groups -OCH3 is 3. The zero-order chi connectivity index (χ0) is 30.0. The summed E-state index contributed by atoms with van der Waals surface area (Å²) in [5.41, 5.74) is 1.97. The average Bonchev–Trinajstić information content (AvgIpc) is 3.65. The Bertz CT molecular complexity index is 1370. The molecule has 5 aliphatic rings. The molecule has 1 aliphatic carbocycles. The summed E-state index contributed by atoms with van der Waals surface area (Å²) in [4.78, 5) is 13.4. The van der Waals surface area contributed by atoms with E-state index in [1.807, 2.05) is 0 Å². The van der Waals surface area contributed by atoms with Gasteiger partial charge in [0.2, 0.25) is 12.5 Å². The lowest BCUT2D eigenvalue weighted by Gasteiger charge is -2.47. The number of rotatable bonds is 6. The van der Waals surface area contributed by atoms with Crippen LogP contribution in [0.15, 0.2) is 24.3 Å². The van der Waals surface area contributed by atoms with Gasteiger partial charge in [-0.25, -0.2) is 0 Å². The lowest BCUT2D eigenvalue weighted by molar-refractivity contribution is -0.404. The molecule has 4 aliphatic heterocycles. The molecule has 14 nitrogen and oxygen atoms in total. The van der Waals surface area contributed by atoms with Gasteiger partial charge in [0.15, 0.2) is 29.3 Å². The van der Waals surface area contributed by atoms with Gasteiger partial charge in [0.1, 0.15) is 24.4 Å². The number of aliphatic hydroxyl groups is 2. The van der Waals surface area contributed by atoms with Crippen molar-refractivity contribution < 1.29 is 67.5 Å². The van der Waals surface area contributed by atoms with Gasteiger partial charge in [-0.3, -0.25) is 4.79 Å². The fourth-order valence-electron chi connectivity index (χ4n) is 6.71. The van der Waals surface area contributed by atoms with Gasteiger partial charge < -0.3 is 62.7 Å². The SMILES string of the molecule is COc1cc([C@@H]2c3cc4c(cc3[C@@H](O[C@@H]3O[C@@H]5CO[C@@H](OC)O[C@H]5[C@H](O)[C@H]3O)[C@H]3COC(=O)[C@H]23)OCO4)cc(OC)c1O. The molecule has 3 fully saturated rings. The normalized spacial score (nSPS) is 35.9. The van der Waals surface area contributed by atoms with Gasteiger partial charge in [0, 0.05) is 18.9 Å². The first-order valence-electron chi connectivity index (χ1n) is 13.8. The monoisotopic (exact) mass is 604 g/mol. The van der Waals surface area contributed by atoms with Crippen molar-refractivity contribution in [2.75, 3.05) is 41.3 Å². The Labute approximate surface area is 245 Å². The van der Waals surface area contributed by atoms with E-state index in [1.54, 1.807) is 24.3 Å². The Morgan fingerprint density at radius 3 is 2.23 bits per heavy atom. The van der Waals surface area contributed by atoms with Crippen molar-refractivity contribution in [3.05, 3.63) is 41.0 Å². The molecular weight excluding hydrogens is 572 g/mol. The fourth-order valence-corrected chi connectivity index (χ4v) is 6.71. The van der Waals surface area contributed by atoms with E-state index in [0.717, 1.165) is 0 Å². The molecule has 232 valence electrons. The highest BCUT2D eigenvalue weighted by Crippen LogP contribution is 2.57. The Balaban J connectivity index is 1.30. The van der Waals surface area contributed by atoms with Crippen molar-refractivity contribution >= 4 is 5.97 Å². The van der Waals surface area contributed by atoms with E-state index in [2.05, 4.69) is 0 Å². The number of carbonyl (C=O) groups excluding carboxylic acids is 1. The highest BCUT2D eigenvalue weighted by Gasteiger charge is 2.56. The number of aliphatic hydroxyl groups excluding tert-OH is 2. The van der Waals surface area contributed by atoms with Crippen molar-refractivity contribution in [3.8, 4) is 28.7 Å². The van der Waals surface area contributed by atoms with Gasteiger partial charge in [-0.05, 0) is 41.0 Å². The summed E-state index contributed by atoms with van der Waals surface area (Å²) in [5.74, 6) is -1.14. The maximum atomic E-state index is 13.4. The van der Waals surface area contributed by atoms with Crippen LogP contribution < -0.4 is 18.9 Å². The van der Waals surface area contributed by atoms with E-state index in [4.69, 9.17) is 47.4 Å². The molecule has 0 saturated carbocycles. The van der Waals surface area contributed by atoms with Crippen LogP contribution in [0.3, 0.4) is 0 Å². The van der Waals surface area contributed by atoms with Crippen LogP contribution in [0.1, 0.15) is 28.7 Å². The summed E-state index contributed by atoms with van der Waals surface area (Å²) < 4.78 is 56.4. The highest BCUT2D eigenvalue weighted by atomic mass is 16.9. The average molecular weight is 605 g/mol. The largest absolute Gasteiger partial charge is 0.502 e. The number of ether oxygens (including phenoxy) is 10. The topological polar surface area (TPSA) is 170 Å². The number of hydrogen-bond acceptors (Lipinski definition) is 14. The molecule has 0 radical (unpaired) electrons. The third-order valence-electron chi connectivity index (χ3n) is 8.76. The molecule has 0 aromatic heterocycles. The van der Waals surface area contributed by atoms with Crippen LogP contribution in [0, 0.1) is 11.8 Å². The Morgan fingerprint density at radius 1 is 0.860 bits per heavy atom. The van der Waals surface area contributed by atoms with E-state index in [9.17, 15) is 20.1 Å². The van der Waals surface area contributed by atoms with Crippen LogP contribution in [0.2, 0.25) is 0 Å². The van der Waals surface area contributed by atoms with E-state index in [0.29, 0.717) is 28.2 Å². The molecule has 0 amide bonds. The van der Waals surface area contributed by atoms with Crippen molar-refractivity contribution in [1.29, 1.82) is 0 Å². The molecule has 10 atom stereocenters. The van der Waals surface area contributed by atoms with Gasteiger partial charge in [0.25, 0.3) is 6.48 Å². The predicted molar refractivity (Wildman–Crippen MR) is 140 cm³/mol. The van der Waals surface area contributed by atoms with Crippen LogP contribution in [0.4, 0.5) is 0 Å². The van der Waals surface area contributed by atoms with E-state index in [1.165, 1.54) is 21.3 Å². The third-order valence-corrected chi connectivity index (χ3v) is 8.76. The lowest BCUT2D eigenvalue weighted by Crippen LogP contribution is -2.63.